The van der Waals surface area contributed by atoms with Crippen molar-refractivity contribution in [2.45, 2.75) is 46.0 Å². The van der Waals surface area contributed by atoms with Crippen LogP contribution in [0.1, 0.15) is 62.4 Å². The number of allylic oxidation sites excluding steroid dienone is 3. The van der Waals surface area contributed by atoms with Gasteiger partial charge in [-0.2, -0.15) is 4.98 Å². The van der Waals surface area contributed by atoms with Crippen molar-refractivity contribution in [3.63, 3.8) is 0 Å². The third-order valence-electron chi connectivity index (χ3n) is 4.90. The van der Waals surface area contributed by atoms with Crippen LogP contribution in [0.25, 0.3) is 5.57 Å². The Hall–Kier alpha value is -2.20. The zero-order valence-corrected chi connectivity index (χ0v) is 17.2. The highest BCUT2D eigenvalue weighted by Gasteiger charge is 2.19. The van der Waals surface area contributed by atoms with Gasteiger partial charge in [0.15, 0.2) is 0 Å². The summed E-state index contributed by atoms with van der Waals surface area (Å²) in [6.07, 6.45) is 7.66. The van der Waals surface area contributed by atoms with Gasteiger partial charge in [-0.15, -0.1) is 0 Å². The first-order valence-electron chi connectivity index (χ1n) is 9.89. The molecule has 1 aromatic heterocycles. The maximum atomic E-state index is 5.60. The summed E-state index contributed by atoms with van der Waals surface area (Å²) in [5.74, 6) is 2.13. The summed E-state index contributed by atoms with van der Waals surface area (Å²) in [7, 11) is 4.19. The summed E-state index contributed by atoms with van der Waals surface area (Å²) in [5.41, 5.74) is 5.07. The molecule has 27 heavy (non-hydrogen) atoms. The Kier molecular flexibility index (Phi) is 6.27. The van der Waals surface area contributed by atoms with Gasteiger partial charge in [-0.3, -0.25) is 0 Å². The summed E-state index contributed by atoms with van der Waals surface area (Å²) >= 11 is 0. The zero-order chi connectivity index (χ0) is 19.4. The molecule has 0 aliphatic heterocycles. The van der Waals surface area contributed by atoms with E-state index in [1.807, 2.05) is 0 Å². The lowest BCUT2D eigenvalue weighted by Gasteiger charge is -2.16. The highest BCUT2D eigenvalue weighted by molar-refractivity contribution is 5.71. The molecule has 0 bridgehead atoms. The van der Waals surface area contributed by atoms with E-state index < -0.39 is 0 Å². The maximum Gasteiger partial charge on any atom is 0.234 e. The molecule has 4 heteroatoms. The molecular weight excluding hydrogens is 334 g/mol. The molecule has 0 spiro atoms. The largest absolute Gasteiger partial charge is 0.338 e. The summed E-state index contributed by atoms with van der Waals surface area (Å²) in [4.78, 5) is 6.89. The smallest absolute Gasteiger partial charge is 0.234 e. The Morgan fingerprint density at radius 1 is 1.11 bits per heavy atom. The molecule has 1 unspecified atom stereocenters. The second-order valence-corrected chi connectivity index (χ2v) is 8.26. The fourth-order valence-electron chi connectivity index (χ4n) is 3.54. The topological polar surface area (TPSA) is 42.2 Å². The average Bonchev–Trinajstić information content (AvgIpc) is 3.11. The van der Waals surface area contributed by atoms with Crippen molar-refractivity contribution < 1.29 is 4.52 Å². The van der Waals surface area contributed by atoms with Crippen molar-refractivity contribution >= 4 is 5.57 Å². The van der Waals surface area contributed by atoms with Crippen LogP contribution in [0.2, 0.25) is 0 Å². The Morgan fingerprint density at radius 2 is 1.85 bits per heavy atom. The van der Waals surface area contributed by atoms with E-state index in [1.54, 1.807) is 0 Å². The van der Waals surface area contributed by atoms with Gasteiger partial charge in [0.2, 0.25) is 11.7 Å². The van der Waals surface area contributed by atoms with Crippen LogP contribution in [0.15, 0.2) is 46.5 Å². The van der Waals surface area contributed by atoms with Crippen LogP contribution in [0.5, 0.6) is 0 Å². The van der Waals surface area contributed by atoms with Crippen molar-refractivity contribution in [1.82, 2.24) is 15.0 Å². The Morgan fingerprint density at radius 3 is 2.52 bits per heavy atom. The second kappa shape index (κ2) is 8.66. The second-order valence-electron chi connectivity index (χ2n) is 8.26. The van der Waals surface area contributed by atoms with Gasteiger partial charge in [-0.1, -0.05) is 61.0 Å². The molecule has 0 N–H and O–H groups in total. The van der Waals surface area contributed by atoms with E-state index >= 15 is 0 Å². The quantitative estimate of drug-likeness (QED) is 0.686. The molecule has 0 saturated heterocycles. The van der Waals surface area contributed by atoms with Crippen LogP contribution in [0.4, 0.5) is 0 Å². The van der Waals surface area contributed by atoms with Crippen LogP contribution in [0.3, 0.4) is 0 Å². The van der Waals surface area contributed by atoms with Gasteiger partial charge in [0.25, 0.3) is 0 Å². The van der Waals surface area contributed by atoms with Gasteiger partial charge < -0.3 is 9.42 Å². The molecule has 1 aromatic carbocycles. The standard InChI is InChI=1S/C23H31N3O/c1-16(2)13-18-9-11-20(12-10-18)17(3)23-24-22(25-27-23)21-8-6-7-19(14-21)15-26(4)5/h8-12,14,16-17H,6-7,13,15H2,1-5H3. The van der Waals surface area contributed by atoms with Crippen LogP contribution in [-0.2, 0) is 6.42 Å². The molecule has 0 amide bonds. The van der Waals surface area contributed by atoms with E-state index in [2.05, 4.69) is 81.3 Å². The van der Waals surface area contributed by atoms with E-state index in [1.165, 1.54) is 16.7 Å². The first-order valence-corrected chi connectivity index (χ1v) is 9.89. The number of benzene rings is 1. The van der Waals surface area contributed by atoms with Crippen molar-refractivity contribution in [3.8, 4) is 0 Å². The number of nitrogens with zero attached hydrogens (tertiary/aromatic N) is 3. The molecule has 1 aliphatic rings. The number of hydrogen-bond donors (Lipinski definition) is 0. The molecule has 1 heterocycles. The van der Waals surface area contributed by atoms with Gasteiger partial charge in [0.1, 0.15) is 0 Å². The minimum Gasteiger partial charge on any atom is -0.338 e. The number of hydrogen-bond acceptors (Lipinski definition) is 4. The summed E-state index contributed by atoms with van der Waals surface area (Å²) in [6, 6.07) is 8.79. The molecule has 0 fully saturated rings. The van der Waals surface area contributed by atoms with Gasteiger partial charge >= 0.3 is 0 Å². The molecule has 1 aliphatic carbocycles. The summed E-state index contributed by atoms with van der Waals surface area (Å²) in [6.45, 7) is 7.59. The molecule has 144 valence electrons. The average molecular weight is 366 g/mol. The fraction of sp³-hybridized carbons (Fsp3) is 0.478. The lowest BCUT2D eigenvalue weighted by molar-refractivity contribution is 0.368. The monoisotopic (exact) mass is 365 g/mol. The van der Waals surface area contributed by atoms with Gasteiger partial charge in [-0.25, -0.2) is 0 Å². The van der Waals surface area contributed by atoms with Crippen LogP contribution < -0.4 is 0 Å². The summed E-state index contributed by atoms with van der Waals surface area (Å²) < 4.78 is 5.60. The third kappa shape index (κ3) is 5.16. The molecule has 4 nitrogen and oxygen atoms in total. The van der Waals surface area contributed by atoms with E-state index in [0.29, 0.717) is 17.6 Å². The Labute approximate surface area is 163 Å². The van der Waals surface area contributed by atoms with Crippen LogP contribution >= 0.6 is 0 Å². The minimum atomic E-state index is 0.0914. The minimum absolute atomic E-state index is 0.0914. The zero-order valence-electron chi connectivity index (χ0n) is 17.2. The van der Waals surface area contributed by atoms with E-state index in [0.717, 1.165) is 31.4 Å². The van der Waals surface area contributed by atoms with Crippen LogP contribution in [-0.4, -0.2) is 35.7 Å². The molecule has 0 radical (unpaired) electrons. The number of aromatic nitrogens is 2. The SMILES string of the molecule is CC(C)Cc1ccc(C(C)c2nc(C3=CCCC(CN(C)C)=C3)no2)cc1. The van der Waals surface area contributed by atoms with Gasteiger partial charge in [-0.05, 0) is 57.3 Å². The normalized spacial score (nSPS) is 15.8. The molecule has 0 saturated carbocycles. The highest BCUT2D eigenvalue weighted by Crippen LogP contribution is 2.27. The Bertz CT molecular complexity index is 812. The van der Waals surface area contributed by atoms with Crippen molar-refractivity contribution in [2.75, 3.05) is 20.6 Å². The van der Waals surface area contributed by atoms with Crippen molar-refractivity contribution in [2.24, 2.45) is 5.92 Å². The fourth-order valence-corrected chi connectivity index (χ4v) is 3.54. The van der Waals surface area contributed by atoms with Gasteiger partial charge in [0.05, 0.1) is 5.92 Å². The first kappa shape index (κ1) is 19.6. The maximum absolute atomic E-state index is 5.60. The molecular formula is C23H31N3O. The lowest BCUT2D eigenvalue weighted by Crippen LogP contribution is -2.16. The van der Waals surface area contributed by atoms with E-state index in [9.17, 15) is 0 Å². The lowest BCUT2D eigenvalue weighted by atomic mass is 9.96. The van der Waals surface area contributed by atoms with Crippen molar-refractivity contribution in [3.05, 3.63) is 64.8 Å². The number of rotatable bonds is 7. The molecule has 2 aromatic rings. The molecule has 1 atom stereocenters. The third-order valence-corrected chi connectivity index (χ3v) is 4.90. The van der Waals surface area contributed by atoms with Crippen LogP contribution in [0, 0.1) is 5.92 Å². The Balaban J connectivity index is 1.73. The highest BCUT2D eigenvalue weighted by atomic mass is 16.5. The predicted molar refractivity (Wildman–Crippen MR) is 111 cm³/mol. The first-order chi connectivity index (χ1) is 12.9. The van der Waals surface area contributed by atoms with E-state index in [-0.39, 0.29) is 5.92 Å². The van der Waals surface area contributed by atoms with Gasteiger partial charge in [0, 0.05) is 12.1 Å². The number of likely N-dealkylation sites (N-methyl/N-ethyl adjacent to an activating group) is 1. The molecule has 3 rings (SSSR count). The van der Waals surface area contributed by atoms with E-state index in [4.69, 9.17) is 9.51 Å². The predicted octanol–water partition coefficient (Wildman–Crippen LogP) is 5.09. The summed E-state index contributed by atoms with van der Waals surface area (Å²) in [5, 5.41) is 4.24. The van der Waals surface area contributed by atoms with Crippen molar-refractivity contribution in [1.29, 1.82) is 0 Å².